The van der Waals surface area contributed by atoms with Gasteiger partial charge in [-0.15, -0.1) is 0 Å². The highest BCUT2D eigenvalue weighted by atomic mass is 16.3. The maximum atomic E-state index is 12.1. The molecule has 1 heterocycles. The van der Waals surface area contributed by atoms with Crippen molar-refractivity contribution < 1.29 is 15.0 Å². The van der Waals surface area contributed by atoms with Crippen LogP contribution < -0.4 is 5.32 Å². The van der Waals surface area contributed by atoms with Crippen molar-refractivity contribution in [3.63, 3.8) is 0 Å². The van der Waals surface area contributed by atoms with Gasteiger partial charge in [-0.3, -0.25) is 9.78 Å². The largest absolute Gasteiger partial charge is 0.508 e. The molecule has 0 aliphatic rings. The number of phenolic OH excluding ortho intramolecular Hbond substituents is 2. The zero-order valence-corrected chi connectivity index (χ0v) is 10.9. The molecule has 0 spiro atoms. The van der Waals surface area contributed by atoms with Crippen LogP contribution in [0.3, 0.4) is 0 Å². The van der Waals surface area contributed by atoms with Gasteiger partial charge < -0.3 is 15.5 Å². The second-order valence-corrected chi connectivity index (χ2v) is 4.57. The van der Waals surface area contributed by atoms with Crippen LogP contribution in [0.15, 0.2) is 54.7 Å². The third-order valence-corrected chi connectivity index (χ3v) is 3.09. The molecule has 3 aromatic rings. The van der Waals surface area contributed by atoms with Crippen molar-refractivity contribution in [2.24, 2.45) is 0 Å². The molecule has 5 heteroatoms. The lowest BCUT2D eigenvalue weighted by molar-refractivity contribution is 0.102. The zero-order valence-electron chi connectivity index (χ0n) is 10.9. The monoisotopic (exact) mass is 280 g/mol. The topological polar surface area (TPSA) is 82.5 Å². The first-order valence-corrected chi connectivity index (χ1v) is 6.31. The molecule has 0 radical (unpaired) electrons. The van der Waals surface area contributed by atoms with Gasteiger partial charge in [-0.05, 0) is 42.5 Å². The number of nitrogens with one attached hydrogen (secondary N) is 1. The molecular formula is C16H12N2O3. The number of carbonyl (C=O) groups excluding carboxylic acids is 1. The summed E-state index contributed by atoms with van der Waals surface area (Å²) in [6.07, 6.45) is 1.70. The van der Waals surface area contributed by atoms with E-state index in [1.54, 1.807) is 24.4 Å². The van der Waals surface area contributed by atoms with Crippen molar-refractivity contribution in [3.8, 4) is 11.5 Å². The van der Waals surface area contributed by atoms with E-state index >= 15 is 0 Å². The van der Waals surface area contributed by atoms with Crippen molar-refractivity contribution in [1.29, 1.82) is 0 Å². The third-order valence-electron chi connectivity index (χ3n) is 3.09. The van der Waals surface area contributed by atoms with Gasteiger partial charge in [-0.2, -0.15) is 0 Å². The molecule has 0 aliphatic heterocycles. The minimum Gasteiger partial charge on any atom is -0.508 e. The summed E-state index contributed by atoms with van der Waals surface area (Å²) < 4.78 is 0. The number of anilines is 1. The molecule has 2 aromatic carbocycles. The van der Waals surface area contributed by atoms with E-state index in [0.717, 1.165) is 10.9 Å². The summed E-state index contributed by atoms with van der Waals surface area (Å²) in [6, 6.07) is 12.8. The number of amides is 1. The Balaban J connectivity index is 1.90. The molecule has 0 atom stereocenters. The van der Waals surface area contributed by atoms with Crippen molar-refractivity contribution in [2.75, 3.05) is 5.32 Å². The lowest BCUT2D eigenvalue weighted by atomic mass is 10.1. The van der Waals surface area contributed by atoms with Crippen LogP contribution in [0.5, 0.6) is 11.5 Å². The van der Waals surface area contributed by atoms with Gasteiger partial charge in [0.05, 0.1) is 11.1 Å². The maximum absolute atomic E-state index is 12.1. The van der Waals surface area contributed by atoms with Gasteiger partial charge in [0.1, 0.15) is 11.5 Å². The predicted molar refractivity (Wildman–Crippen MR) is 79.5 cm³/mol. The number of carbonyl (C=O) groups is 1. The fourth-order valence-corrected chi connectivity index (χ4v) is 2.06. The Bertz CT molecular complexity index is 831. The Labute approximate surface area is 120 Å². The number of aromatic nitrogens is 1. The van der Waals surface area contributed by atoms with E-state index in [0.29, 0.717) is 5.69 Å². The number of nitrogens with zero attached hydrogens (tertiary/aromatic N) is 1. The quantitative estimate of drug-likeness (QED) is 0.630. The molecule has 21 heavy (non-hydrogen) atoms. The van der Waals surface area contributed by atoms with E-state index in [2.05, 4.69) is 10.3 Å². The Morgan fingerprint density at radius 3 is 2.76 bits per heavy atom. The van der Waals surface area contributed by atoms with Gasteiger partial charge in [0.15, 0.2) is 0 Å². The second kappa shape index (κ2) is 5.13. The van der Waals surface area contributed by atoms with Gasteiger partial charge in [0.2, 0.25) is 0 Å². The van der Waals surface area contributed by atoms with Crippen LogP contribution >= 0.6 is 0 Å². The van der Waals surface area contributed by atoms with E-state index in [1.807, 2.05) is 12.1 Å². The minimum absolute atomic E-state index is 0.0151. The van der Waals surface area contributed by atoms with Crippen molar-refractivity contribution in [1.82, 2.24) is 4.98 Å². The number of hydrogen-bond acceptors (Lipinski definition) is 4. The summed E-state index contributed by atoms with van der Waals surface area (Å²) in [5.41, 5.74) is 1.43. The SMILES string of the molecule is O=C(Nc1ccc2ncccc2c1)c1cc(O)ccc1O. The third kappa shape index (κ3) is 2.62. The molecule has 0 unspecified atom stereocenters. The van der Waals surface area contributed by atoms with Gasteiger partial charge in [-0.25, -0.2) is 0 Å². The molecule has 3 rings (SSSR count). The number of hydrogen-bond donors (Lipinski definition) is 3. The molecule has 3 N–H and O–H groups in total. The van der Waals surface area contributed by atoms with E-state index < -0.39 is 5.91 Å². The average Bonchev–Trinajstić information content (AvgIpc) is 2.49. The molecule has 0 aliphatic carbocycles. The predicted octanol–water partition coefficient (Wildman–Crippen LogP) is 2.90. The number of phenols is 2. The standard InChI is InChI=1S/C16H12N2O3/c19-12-4-6-15(20)13(9-12)16(21)18-11-3-5-14-10(8-11)2-1-7-17-14/h1-9,19-20H,(H,18,21). The fourth-order valence-electron chi connectivity index (χ4n) is 2.06. The van der Waals surface area contributed by atoms with E-state index in [-0.39, 0.29) is 17.1 Å². The van der Waals surface area contributed by atoms with Gasteiger partial charge >= 0.3 is 0 Å². The summed E-state index contributed by atoms with van der Waals surface area (Å²) >= 11 is 0. The molecule has 0 bridgehead atoms. The molecule has 104 valence electrons. The first kappa shape index (κ1) is 12.9. The highest BCUT2D eigenvalue weighted by Crippen LogP contribution is 2.24. The first-order chi connectivity index (χ1) is 10.1. The van der Waals surface area contributed by atoms with Crippen LogP contribution in [0.4, 0.5) is 5.69 Å². The number of rotatable bonds is 2. The van der Waals surface area contributed by atoms with Crippen molar-refractivity contribution in [2.45, 2.75) is 0 Å². The second-order valence-electron chi connectivity index (χ2n) is 4.57. The van der Waals surface area contributed by atoms with Gasteiger partial charge in [0, 0.05) is 17.3 Å². The number of aromatic hydroxyl groups is 2. The lowest BCUT2D eigenvalue weighted by Crippen LogP contribution is -2.12. The normalized spacial score (nSPS) is 10.5. The van der Waals surface area contributed by atoms with Crippen molar-refractivity contribution in [3.05, 3.63) is 60.3 Å². The van der Waals surface area contributed by atoms with Crippen LogP contribution in [-0.2, 0) is 0 Å². The fraction of sp³-hybridized carbons (Fsp3) is 0. The van der Waals surface area contributed by atoms with Gasteiger partial charge in [-0.1, -0.05) is 6.07 Å². The van der Waals surface area contributed by atoms with Crippen LogP contribution in [0.2, 0.25) is 0 Å². The van der Waals surface area contributed by atoms with Crippen molar-refractivity contribution >= 4 is 22.5 Å². The average molecular weight is 280 g/mol. The van der Waals surface area contributed by atoms with Crippen LogP contribution in [-0.4, -0.2) is 21.1 Å². The lowest BCUT2D eigenvalue weighted by Gasteiger charge is -2.08. The first-order valence-electron chi connectivity index (χ1n) is 6.31. The van der Waals surface area contributed by atoms with E-state index in [1.165, 1.54) is 18.2 Å². The highest BCUT2D eigenvalue weighted by molar-refractivity contribution is 6.07. The minimum atomic E-state index is -0.494. The van der Waals surface area contributed by atoms with E-state index in [4.69, 9.17) is 0 Å². The van der Waals surface area contributed by atoms with Gasteiger partial charge in [0.25, 0.3) is 5.91 Å². The van der Waals surface area contributed by atoms with Crippen LogP contribution in [0.25, 0.3) is 10.9 Å². The number of pyridine rings is 1. The summed E-state index contributed by atoms with van der Waals surface area (Å²) in [5, 5.41) is 22.6. The molecule has 1 amide bonds. The molecule has 0 saturated heterocycles. The summed E-state index contributed by atoms with van der Waals surface area (Å²) in [6.45, 7) is 0. The number of benzene rings is 2. The molecule has 0 saturated carbocycles. The summed E-state index contributed by atoms with van der Waals surface area (Å²) in [4.78, 5) is 16.3. The summed E-state index contributed by atoms with van der Waals surface area (Å²) in [7, 11) is 0. The van der Waals surface area contributed by atoms with Crippen LogP contribution in [0, 0.1) is 0 Å². The Kier molecular flexibility index (Phi) is 3.16. The summed E-state index contributed by atoms with van der Waals surface area (Å²) in [5.74, 6) is -0.764. The molecule has 1 aromatic heterocycles. The molecular weight excluding hydrogens is 268 g/mol. The Hall–Kier alpha value is -3.08. The smallest absolute Gasteiger partial charge is 0.259 e. The maximum Gasteiger partial charge on any atom is 0.259 e. The van der Waals surface area contributed by atoms with E-state index in [9.17, 15) is 15.0 Å². The highest BCUT2D eigenvalue weighted by Gasteiger charge is 2.12. The molecule has 0 fully saturated rings. The number of fused-ring (bicyclic) bond motifs is 1. The Morgan fingerprint density at radius 1 is 1.05 bits per heavy atom. The molecule has 5 nitrogen and oxygen atoms in total. The zero-order chi connectivity index (χ0) is 14.8. The Morgan fingerprint density at radius 2 is 1.90 bits per heavy atom. The van der Waals surface area contributed by atoms with Crippen LogP contribution in [0.1, 0.15) is 10.4 Å².